The fourth-order valence-electron chi connectivity index (χ4n) is 0.871. The van der Waals surface area contributed by atoms with Crippen molar-refractivity contribution in [3.8, 4) is 0 Å². The molecule has 1 heterocycles. The standard InChI is InChI=1S/C10H12ClNO2/c1-7(2)5-6-12-10(13)8-3-4-9(11)14-8/h3-5H,6H2,1-2H3,(H,12,13). The minimum Gasteiger partial charge on any atom is -0.440 e. The van der Waals surface area contributed by atoms with Crippen LogP contribution >= 0.6 is 11.6 Å². The Morgan fingerprint density at radius 3 is 2.79 bits per heavy atom. The number of nitrogens with one attached hydrogen (secondary N) is 1. The zero-order valence-corrected chi connectivity index (χ0v) is 8.89. The molecule has 0 radical (unpaired) electrons. The van der Waals surface area contributed by atoms with Gasteiger partial charge in [-0.25, -0.2) is 0 Å². The van der Waals surface area contributed by atoms with Gasteiger partial charge in [-0.2, -0.15) is 0 Å². The molecule has 0 spiro atoms. The van der Waals surface area contributed by atoms with Crippen LogP contribution in [0.15, 0.2) is 28.2 Å². The van der Waals surface area contributed by atoms with Gasteiger partial charge in [-0.05, 0) is 37.6 Å². The second-order valence-corrected chi connectivity index (χ2v) is 3.47. The molecule has 0 bridgehead atoms. The number of allylic oxidation sites excluding steroid dienone is 1. The van der Waals surface area contributed by atoms with Gasteiger partial charge in [0.25, 0.3) is 5.91 Å². The summed E-state index contributed by atoms with van der Waals surface area (Å²) in [6.07, 6.45) is 1.92. The number of carbonyl (C=O) groups is 1. The Kier molecular flexibility index (Phi) is 3.77. The average molecular weight is 214 g/mol. The van der Waals surface area contributed by atoms with Crippen molar-refractivity contribution in [3.05, 3.63) is 34.8 Å². The van der Waals surface area contributed by atoms with Crippen molar-refractivity contribution < 1.29 is 9.21 Å². The summed E-state index contributed by atoms with van der Waals surface area (Å²) in [6.45, 7) is 4.44. The first-order valence-electron chi connectivity index (χ1n) is 4.26. The summed E-state index contributed by atoms with van der Waals surface area (Å²) in [5.41, 5.74) is 1.16. The van der Waals surface area contributed by atoms with E-state index in [-0.39, 0.29) is 16.9 Å². The van der Waals surface area contributed by atoms with Crippen molar-refractivity contribution in [2.24, 2.45) is 0 Å². The molecule has 0 aliphatic rings. The summed E-state index contributed by atoms with van der Waals surface area (Å²) in [4.78, 5) is 11.3. The van der Waals surface area contributed by atoms with E-state index in [1.54, 1.807) is 6.07 Å². The lowest BCUT2D eigenvalue weighted by Gasteiger charge is -1.98. The van der Waals surface area contributed by atoms with Gasteiger partial charge in [0.15, 0.2) is 11.0 Å². The van der Waals surface area contributed by atoms with Crippen LogP contribution in [0.1, 0.15) is 24.4 Å². The van der Waals surface area contributed by atoms with E-state index in [1.165, 1.54) is 6.07 Å². The van der Waals surface area contributed by atoms with Crippen LogP contribution in [0.2, 0.25) is 5.22 Å². The van der Waals surface area contributed by atoms with Crippen LogP contribution in [0.25, 0.3) is 0 Å². The first-order valence-corrected chi connectivity index (χ1v) is 4.64. The first kappa shape index (κ1) is 10.9. The highest BCUT2D eigenvalue weighted by atomic mass is 35.5. The lowest BCUT2D eigenvalue weighted by atomic mass is 10.3. The van der Waals surface area contributed by atoms with Gasteiger partial charge in [-0.3, -0.25) is 4.79 Å². The van der Waals surface area contributed by atoms with Crippen LogP contribution in [0, 0.1) is 0 Å². The Labute approximate surface area is 87.7 Å². The molecule has 1 aromatic rings. The molecule has 1 rings (SSSR count). The molecule has 4 heteroatoms. The number of furan rings is 1. The quantitative estimate of drug-likeness (QED) is 0.785. The molecular weight excluding hydrogens is 202 g/mol. The van der Waals surface area contributed by atoms with Crippen molar-refractivity contribution in [2.75, 3.05) is 6.54 Å². The van der Waals surface area contributed by atoms with Gasteiger partial charge < -0.3 is 9.73 Å². The number of hydrogen-bond donors (Lipinski definition) is 1. The van der Waals surface area contributed by atoms with E-state index in [0.717, 1.165) is 5.57 Å². The Bertz CT molecular complexity index is 351. The largest absolute Gasteiger partial charge is 0.440 e. The summed E-state index contributed by atoms with van der Waals surface area (Å²) in [5.74, 6) is -0.0217. The fraction of sp³-hybridized carbons (Fsp3) is 0.300. The highest BCUT2D eigenvalue weighted by Gasteiger charge is 2.08. The van der Waals surface area contributed by atoms with E-state index in [4.69, 9.17) is 16.0 Å². The smallest absolute Gasteiger partial charge is 0.287 e. The predicted molar refractivity (Wildman–Crippen MR) is 55.5 cm³/mol. The molecule has 14 heavy (non-hydrogen) atoms. The van der Waals surface area contributed by atoms with Gasteiger partial charge in [0.1, 0.15) is 0 Å². The zero-order valence-electron chi connectivity index (χ0n) is 8.13. The molecular formula is C10H12ClNO2. The maximum atomic E-state index is 11.3. The summed E-state index contributed by atoms with van der Waals surface area (Å²) in [5, 5.41) is 2.90. The van der Waals surface area contributed by atoms with Crippen LogP contribution < -0.4 is 5.32 Å². The number of rotatable bonds is 3. The fourth-order valence-corrected chi connectivity index (χ4v) is 1.02. The third-order valence-electron chi connectivity index (χ3n) is 1.57. The van der Waals surface area contributed by atoms with Crippen LogP contribution in [-0.4, -0.2) is 12.5 Å². The van der Waals surface area contributed by atoms with Crippen LogP contribution in [-0.2, 0) is 0 Å². The van der Waals surface area contributed by atoms with E-state index < -0.39 is 0 Å². The number of hydrogen-bond acceptors (Lipinski definition) is 2. The summed E-state index contributed by atoms with van der Waals surface area (Å²) < 4.78 is 4.94. The van der Waals surface area contributed by atoms with Crippen molar-refractivity contribution in [2.45, 2.75) is 13.8 Å². The Morgan fingerprint density at radius 1 is 1.57 bits per heavy atom. The summed E-state index contributed by atoms with van der Waals surface area (Å²) in [7, 11) is 0. The number of halogens is 1. The lowest BCUT2D eigenvalue weighted by molar-refractivity contribution is 0.0930. The molecule has 0 aliphatic carbocycles. The molecule has 0 aliphatic heterocycles. The minimum atomic E-state index is -0.255. The van der Waals surface area contributed by atoms with Crippen molar-refractivity contribution in [1.82, 2.24) is 5.32 Å². The van der Waals surface area contributed by atoms with E-state index in [1.807, 2.05) is 19.9 Å². The Morgan fingerprint density at radius 2 is 2.29 bits per heavy atom. The molecule has 3 nitrogen and oxygen atoms in total. The van der Waals surface area contributed by atoms with Gasteiger partial charge >= 0.3 is 0 Å². The number of amides is 1. The summed E-state index contributed by atoms with van der Waals surface area (Å²) in [6, 6.07) is 3.08. The van der Waals surface area contributed by atoms with E-state index in [0.29, 0.717) is 6.54 Å². The average Bonchev–Trinajstić information content (AvgIpc) is 2.51. The highest BCUT2D eigenvalue weighted by Crippen LogP contribution is 2.12. The Balaban J connectivity index is 2.47. The monoisotopic (exact) mass is 213 g/mol. The van der Waals surface area contributed by atoms with Crippen LogP contribution in [0.4, 0.5) is 0 Å². The van der Waals surface area contributed by atoms with Gasteiger partial charge in [-0.1, -0.05) is 11.6 Å². The van der Waals surface area contributed by atoms with Crippen LogP contribution in [0.3, 0.4) is 0 Å². The zero-order chi connectivity index (χ0) is 10.6. The second kappa shape index (κ2) is 4.86. The van der Waals surface area contributed by atoms with E-state index in [9.17, 15) is 4.79 Å². The maximum absolute atomic E-state index is 11.3. The summed E-state index contributed by atoms with van der Waals surface area (Å²) >= 11 is 5.53. The topological polar surface area (TPSA) is 42.2 Å². The third kappa shape index (κ3) is 3.26. The number of carbonyl (C=O) groups excluding carboxylic acids is 1. The molecule has 76 valence electrons. The predicted octanol–water partition coefficient (Wildman–Crippen LogP) is 2.63. The van der Waals surface area contributed by atoms with Crippen LogP contribution in [0.5, 0.6) is 0 Å². The van der Waals surface area contributed by atoms with Gasteiger partial charge in [0.2, 0.25) is 0 Å². The molecule has 0 aromatic carbocycles. The molecule has 0 unspecified atom stereocenters. The highest BCUT2D eigenvalue weighted by molar-refractivity contribution is 6.29. The third-order valence-corrected chi connectivity index (χ3v) is 1.77. The first-order chi connectivity index (χ1) is 6.59. The van der Waals surface area contributed by atoms with Gasteiger partial charge in [0, 0.05) is 6.54 Å². The van der Waals surface area contributed by atoms with E-state index in [2.05, 4.69) is 5.32 Å². The van der Waals surface area contributed by atoms with Crippen molar-refractivity contribution >= 4 is 17.5 Å². The minimum absolute atomic E-state index is 0.220. The normalized spacial score (nSPS) is 9.64. The van der Waals surface area contributed by atoms with Crippen molar-refractivity contribution in [1.29, 1.82) is 0 Å². The molecule has 0 atom stereocenters. The molecule has 1 amide bonds. The lowest BCUT2D eigenvalue weighted by Crippen LogP contribution is -2.22. The molecule has 1 N–H and O–H groups in total. The van der Waals surface area contributed by atoms with Gasteiger partial charge in [-0.15, -0.1) is 0 Å². The van der Waals surface area contributed by atoms with Gasteiger partial charge in [0.05, 0.1) is 0 Å². The molecule has 0 fully saturated rings. The second-order valence-electron chi connectivity index (χ2n) is 3.10. The van der Waals surface area contributed by atoms with E-state index >= 15 is 0 Å². The molecule has 0 saturated heterocycles. The molecule has 1 aromatic heterocycles. The molecule has 0 saturated carbocycles. The SMILES string of the molecule is CC(C)=CCNC(=O)c1ccc(Cl)o1. The Hall–Kier alpha value is -1.22. The maximum Gasteiger partial charge on any atom is 0.287 e. The van der Waals surface area contributed by atoms with Crippen molar-refractivity contribution in [3.63, 3.8) is 0 Å².